The Bertz CT molecular complexity index is 856. The number of ether oxygens (including phenoxy) is 1. The minimum absolute atomic E-state index is 0.0802. The number of rotatable bonds is 6. The van der Waals surface area contributed by atoms with E-state index >= 15 is 0 Å². The van der Waals surface area contributed by atoms with Gasteiger partial charge in [-0.25, -0.2) is 13.1 Å². The lowest BCUT2D eigenvalue weighted by Crippen LogP contribution is -2.44. The van der Waals surface area contributed by atoms with Gasteiger partial charge in [0, 0.05) is 32.0 Å². The molecule has 1 saturated heterocycles. The average Bonchev–Trinajstić information content (AvgIpc) is 2.62. The van der Waals surface area contributed by atoms with Crippen molar-refractivity contribution < 1.29 is 13.2 Å². The maximum Gasteiger partial charge on any atom is 0.241 e. The topological polar surface area (TPSA) is 71.5 Å². The molecule has 1 fully saturated rings. The number of nitrogens with one attached hydrogen (secondary N) is 1. The molecule has 0 amide bonds. The van der Waals surface area contributed by atoms with Crippen molar-refractivity contribution in [2.75, 3.05) is 32.8 Å². The van der Waals surface area contributed by atoms with Gasteiger partial charge in [0.05, 0.1) is 24.2 Å². The zero-order valence-electron chi connectivity index (χ0n) is 16.1. The van der Waals surface area contributed by atoms with Gasteiger partial charge in [-0.2, -0.15) is 0 Å². The molecule has 0 spiro atoms. The van der Waals surface area contributed by atoms with Crippen molar-refractivity contribution in [1.29, 1.82) is 0 Å². The van der Waals surface area contributed by atoms with Crippen LogP contribution in [0.15, 0.2) is 41.6 Å². The monoisotopic (exact) mass is 389 g/mol. The number of hydrogen-bond donors (Lipinski definition) is 1. The maximum atomic E-state index is 13.0. The van der Waals surface area contributed by atoms with Crippen LogP contribution >= 0.6 is 0 Å². The zero-order valence-corrected chi connectivity index (χ0v) is 16.9. The van der Waals surface area contributed by atoms with Crippen LogP contribution in [0.3, 0.4) is 0 Å². The summed E-state index contributed by atoms with van der Waals surface area (Å²) in [5, 5.41) is 0. The number of nitrogens with zero attached hydrogens (tertiary/aromatic N) is 2. The van der Waals surface area contributed by atoms with Crippen molar-refractivity contribution in [2.45, 2.75) is 31.7 Å². The first-order valence-electron chi connectivity index (χ1n) is 9.18. The zero-order chi connectivity index (χ0) is 19.4. The minimum atomic E-state index is -3.61. The number of sulfonamides is 1. The molecule has 7 heteroatoms. The molecule has 6 nitrogen and oxygen atoms in total. The van der Waals surface area contributed by atoms with Crippen LogP contribution in [0, 0.1) is 20.8 Å². The minimum Gasteiger partial charge on any atom is -0.379 e. The van der Waals surface area contributed by atoms with Crippen LogP contribution in [-0.2, 0) is 14.8 Å². The standard InChI is InChI=1S/C20H27N3O3S/c1-15-11-16(2)20(17(3)12-15)27(24,25)22-14-19(18-5-4-6-21-13-18)23-7-9-26-10-8-23/h4-6,11-13,19,22H,7-10,14H2,1-3H3/t19-/m1/s1. The summed E-state index contributed by atoms with van der Waals surface area (Å²) in [6.07, 6.45) is 3.53. The Kier molecular flexibility index (Phi) is 6.26. The normalized spacial score (nSPS) is 17.0. The summed E-state index contributed by atoms with van der Waals surface area (Å²) in [5.41, 5.74) is 3.60. The summed E-state index contributed by atoms with van der Waals surface area (Å²) in [4.78, 5) is 6.83. The summed E-state index contributed by atoms with van der Waals surface area (Å²) in [6.45, 7) is 8.79. The summed E-state index contributed by atoms with van der Waals surface area (Å²) in [5.74, 6) is 0. The van der Waals surface area contributed by atoms with E-state index in [4.69, 9.17) is 4.74 Å². The van der Waals surface area contributed by atoms with Crippen molar-refractivity contribution >= 4 is 10.0 Å². The van der Waals surface area contributed by atoms with Gasteiger partial charge < -0.3 is 4.74 Å². The molecule has 1 atom stereocenters. The molecule has 0 saturated carbocycles. The molecule has 1 aromatic carbocycles. The van der Waals surface area contributed by atoms with Gasteiger partial charge in [-0.3, -0.25) is 9.88 Å². The molecule has 1 aromatic heterocycles. The van der Waals surface area contributed by atoms with E-state index in [9.17, 15) is 8.42 Å². The van der Waals surface area contributed by atoms with Crippen LogP contribution in [-0.4, -0.2) is 51.1 Å². The van der Waals surface area contributed by atoms with Crippen LogP contribution in [0.25, 0.3) is 0 Å². The molecule has 27 heavy (non-hydrogen) atoms. The van der Waals surface area contributed by atoms with E-state index in [2.05, 4.69) is 14.6 Å². The lowest BCUT2D eigenvalue weighted by atomic mass is 10.1. The van der Waals surface area contributed by atoms with Gasteiger partial charge >= 0.3 is 0 Å². The van der Waals surface area contributed by atoms with Crippen molar-refractivity contribution in [1.82, 2.24) is 14.6 Å². The van der Waals surface area contributed by atoms with E-state index in [1.165, 1.54) is 0 Å². The van der Waals surface area contributed by atoms with Crippen molar-refractivity contribution in [2.24, 2.45) is 0 Å². The Labute approximate surface area is 161 Å². The highest BCUT2D eigenvalue weighted by molar-refractivity contribution is 7.89. The second-order valence-electron chi connectivity index (χ2n) is 7.03. The second-order valence-corrected chi connectivity index (χ2v) is 8.73. The molecule has 1 aliphatic heterocycles. The molecule has 0 radical (unpaired) electrons. The Morgan fingerprint density at radius 1 is 1.19 bits per heavy atom. The van der Waals surface area contributed by atoms with Crippen LogP contribution < -0.4 is 4.72 Å². The van der Waals surface area contributed by atoms with Gasteiger partial charge in [0.15, 0.2) is 0 Å². The lowest BCUT2D eigenvalue weighted by molar-refractivity contribution is 0.0171. The quantitative estimate of drug-likeness (QED) is 0.821. The molecule has 1 N–H and O–H groups in total. The molecular formula is C20H27N3O3S. The predicted octanol–water partition coefficient (Wildman–Crippen LogP) is 2.36. The number of benzene rings is 1. The van der Waals surface area contributed by atoms with Crippen LogP contribution in [0.5, 0.6) is 0 Å². The molecule has 1 aliphatic rings. The molecule has 146 valence electrons. The van der Waals surface area contributed by atoms with E-state index in [1.807, 2.05) is 45.0 Å². The van der Waals surface area contributed by atoms with E-state index < -0.39 is 10.0 Å². The van der Waals surface area contributed by atoms with Gasteiger partial charge in [-0.1, -0.05) is 23.8 Å². The Balaban J connectivity index is 1.84. The molecule has 0 bridgehead atoms. The van der Waals surface area contributed by atoms with Gasteiger partial charge in [0.1, 0.15) is 0 Å². The Morgan fingerprint density at radius 2 is 1.85 bits per heavy atom. The van der Waals surface area contributed by atoms with Crippen molar-refractivity contribution in [3.63, 3.8) is 0 Å². The number of morpholine rings is 1. The summed E-state index contributed by atoms with van der Waals surface area (Å²) >= 11 is 0. The highest BCUT2D eigenvalue weighted by atomic mass is 32.2. The number of pyridine rings is 1. The largest absolute Gasteiger partial charge is 0.379 e. The molecule has 0 aliphatic carbocycles. The smallest absolute Gasteiger partial charge is 0.241 e. The Hall–Kier alpha value is -1.80. The third-order valence-corrected chi connectivity index (χ3v) is 6.62. The fourth-order valence-corrected chi connectivity index (χ4v) is 5.26. The molecule has 0 unspecified atom stereocenters. The van der Waals surface area contributed by atoms with Gasteiger partial charge in [0.2, 0.25) is 10.0 Å². The highest BCUT2D eigenvalue weighted by Gasteiger charge is 2.26. The first-order valence-corrected chi connectivity index (χ1v) is 10.7. The number of aromatic nitrogens is 1. The van der Waals surface area contributed by atoms with Gasteiger partial charge in [-0.05, 0) is 43.5 Å². The third-order valence-electron chi connectivity index (χ3n) is 4.90. The van der Waals surface area contributed by atoms with E-state index in [0.717, 1.165) is 35.3 Å². The van der Waals surface area contributed by atoms with E-state index in [1.54, 1.807) is 12.4 Å². The third kappa shape index (κ3) is 4.73. The van der Waals surface area contributed by atoms with E-state index in [-0.39, 0.29) is 6.04 Å². The second kappa shape index (κ2) is 8.48. The fraction of sp³-hybridized carbons (Fsp3) is 0.450. The number of aryl methyl sites for hydroxylation is 3. The molecule has 3 rings (SSSR count). The van der Waals surface area contributed by atoms with E-state index in [0.29, 0.717) is 24.7 Å². The van der Waals surface area contributed by atoms with Gasteiger partial charge in [-0.15, -0.1) is 0 Å². The average molecular weight is 390 g/mol. The molecular weight excluding hydrogens is 362 g/mol. The lowest BCUT2D eigenvalue weighted by Gasteiger charge is -2.34. The summed E-state index contributed by atoms with van der Waals surface area (Å²) < 4.78 is 34.3. The van der Waals surface area contributed by atoms with Crippen LogP contribution in [0.2, 0.25) is 0 Å². The molecule has 2 aromatic rings. The summed E-state index contributed by atoms with van der Waals surface area (Å²) in [7, 11) is -3.61. The SMILES string of the molecule is Cc1cc(C)c(S(=O)(=O)NC[C@H](c2cccnc2)N2CCOCC2)c(C)c1. The molecule has 2 heterocycles. The van der Waals surface area contributed by atoms with Crippen LogP contribution in [0.4, 0.5) is 0 Å². The highest BCUT2D eigenvalue weighted by Crippen LogP contribution is 2.24. The van der Waals surface area contributed by atoms with Crippen LogP contribution in [0.1, 0.15) is 28.3 Å². The van der Waals surface area contributed by atoms with Crippen molar-refractivity contribution in [3.05, 3.63) is 58.9 Å². The first-order chi connectivity index (χ1) is 12.9. The Morgan fingerprint density at radius 3 is 2.44 bits per heavy atom. The van der Waals surface area contributed by atoms with Crippen molar-refractivity contribution in [3.8, 4) is 0 Å². The first kappa shape index (κ1) is 19.9. The maximum absolute atomic E-state index is 13.0. The number of hydrogen-bond acceptors (Lipinski definition) is 5. The van der Waals surface area contributed by atoms with Gasteiger partial charge in [0.25, 0.3) is 0 Å². The summed E-state index contributed by atoms with van der Waals surface area (Å²) in [6, 6.07) is 7.60. The predicted molar refractivity (Wildman–Crippen MR) is 105 cm³/mol. The fourth-order valence-electron chi connectivity index (χ4n) is 3.77.